The first-order valence-corrected chi connectivity index (χ1v) is 8.75. The van der Waals surface area contributed by atoms with E-state index in [4.69, 9.17) is 14.2 Å². The standard InChI is InChI=1S/C18H19F3O6/c19-18(20,21)8-2-1-3-9(4-8)25-7-12(23)16-17(27-16)15-10-5-14(24)26-13(10)6-11(15)22/h1-4,10-13,15-17,22-23H,5-7H2/t10-,11+,12?,13-,15-,16?,17-/m0/s1. The lowest BCUT2D eigenvalue weighted by Crippen LogP contribution is -2.32. The van der Waals surface area contributed by atoms with E-state index in [-0.39, 0.29) is 42.7 Å². The first-order chi connectivity index (χ1) is 12.7. The van der Waals surface area contributed by atoms with Gasteiger partial charge in [-0.05, 0) is 18.2 Å². The average molecular weight is 388 g/mol. The minimum absolute atomic E-state index is 0.00294. The average Bonchev–Trinajstić information content (AvgIpc) is 3.21. The molecule has 7 atom stereocenters. The van der Waals surface area contributed by atoms with Gasteiger partial charge in [0.2, 0.25) is 0 Å². The van der Waals surface area contributed by atoms with Crippen LogP contribution in [0.1, 0.15) is 18.4 Å². The van der Waals surface area contributed by atoms with Crippen molar-refractivity contribution >= 4 is 5.97 Å². The van der Waals surface area contributed by atoms with E-state index in [1.165, 1.54) is 12.1 Å². The molecule has 0 amide bonds. The molecule has 0 spiro atoms. The summed E-state index contributed by atoms with van der Waals surface area (Å²) in [6.45, 7) is -0.241. The molecule has 1 aromatic carbocycles. The Balaban J connectivity index is 1.33. The van der Waals surface area contributed by atoms with Crippen molar-refractivity contribution in [2.75, 3.05) is 6.61 Å². The van der Waals surface area contributed by atoms with Gasteiger partial charge in [-0.1, -0.05) is 6.07 Å². The molecule has 0 bridgehead atoms. The highest BCUT2D eigenvalue weighted by Gasteiger charge is 2.60. The number of hydrogen-bond donors (Lipinski definition) is 2. The van der Waals surface area contributed by atoms with E-state index >= 15 is 0 Å². The second-order valence-corrected chi connectivity index (χ2v) is 7.25. The van der Waals surface area contributed by atoms with Crippen LogP contribution in [-0.4, -0.2) is 53.3 Å². The topological polar surface area (TPSA) is 88.5 Å². The summed E-state index contributed by atoms with van der Waals surface area (Å²) in [7, 11) is 0. The maximum absolute atomic E-state index is 12.7. The molecule has 9 heteroatoms. The summed E-state index contributed by atoms with van der Waals surface area (Å²) in [6, 6.07) is 4.41. The Bertz CT molecular complexity index is 723. The molecule has 1 aliphatic carbocycles. The van der Waals surface area contributed by atoms with Gasteiger partial charge < -0.3 is 24.4 Å². The zero-order valence-corrected chi connectivity index (χ0v) is 14.1. The monoisotopic (exact) mass is 388 g/mol. The molecule has 6 nitrogen and oxygen atoms in total. The van der Waals surface area contributed by atoms with Crippen molar-refractivity contribution in [3.05, 3.63) is 29.8 Å². The number of rotatable bonds is 5. The van der Waals surface area contributed by atoms with Crippen LogP contribution >= 0.6 is 0 Å². The summed E-state index contributed by atoms with van der Waals surface area (Å²) in [5.41, 5.74) is -0.832. The molecule has 2 saturated heterocycles. The fraction of sp³-hybridized carbons (Fsp3) is 0.611. The first-order valence-electron chi connectivity index (χ1n) is 8.75. The lowest BCUT2D eigenvalue weighted by atomic mass is 9.87. The highest BCUT2D eigenvalue weighted by atomic mass is 19.4. The van der Waals surface area contributed by atoms with E-state index in [2.05, 4.69) is 0 Å². The lowest BCUT2D eigenvalue weighted by molar-refractivity contribution is -0.142. The van der Waals surface area contributed by atoms with Gasteiger partial charge in [0.1, 0.15) is 30.7 Å². The first kappa shape index (κ1) is 18.5. The number of hydrogen-bond acceptors (Lipinski definition) is 6. The predicted molar refractivity (Wildman–Crippen MR) is 83.7 cm³/mol. The minimum Gasteiger partial charge on any atom is -0.491 e. The predicted octanol–water partition coefficient (Wildman–Crippen LogP) is 1.52. The number of carbonyl (C=O) groups excluding carboxylic acids is 1. The summed E-state index contributed by atoms with van der Waals surface area (Å²) in [5.74, 6) is -0.752. The highest BCUT2D eigenvalue weighted by Crippen LogP contribution is 2.49. The Hall–Kier alpha value is -1.84. The minimum atomic E-state index is -4.47. The van der Waals surface area contributed by atoms with Crippen LogP contribution in [0.25, 0.3) is 0 Å². The van der Waals surface area contributed by atoms with Crippen molar-refractivity contribution in [3.8, 4) is 5.75 Å². The van der Waals surface area contributed by atoms with Gasteiger partial charge in [-0.25, -0.2) is 0 Å². The van der Waals surface area contributed by atoms with Crippen molar-refractivity contribution in [2.45, 2.75) is 49.5 Å². The van der Waals surface area contributed by atoms with Crippen LogP contribution in [0.2, 0.25) is 0 Å². The van der Waals surface area contributed by atoms with E-state index in [1.54, 1.807) is 0 Å². The van der Waals surface area contributed by atoms with Gasteiger partial charge in [-0.15, -0.1) is 0 Å². The van der Waals surface area contributed by atoms with Crippen LogP contribution in [0, 0.1) is 11.8 Å². The summed E-state index contributed by atoms with van der Waals surface area (Å²) in [6.07, 6.45) is -6.98. The normalized spacial score (nSPS) is 36.3. The van der Waals surface area contributed by atoms with E-state index in [9.17, 15) is 28.2 Å². The number of benzene rings is 1. The van der Waals surface area contributed by atoms with Gasteiger partial charge in [0.05, 0.1) is 24.2 Å². The Labute approximate surface area is 152 Å². The number of alkyl halides is 3. The number of carbonyl (C=O) groups is 1. The zero-order chi connectivity index (χ0) is 19.3. The van der Waals surface area contributed by atoms with Crippen molar-refractivity contribution < 1.29 is 42.4 Å². The molecule has 3 aliphatic rings. The third kappa shape index (κ3) is 3.63. The fourth-order valence-electron chi connectivity index (χ4n) is 4.17. The fourth-order valence-corrected chi connectivity index (χ4v) is 4.17. The van der Waals surface area contributed by atoms with Crippen molar-refractivity contribution in [1.29, 1.82) is 0 Å². The lowest BCUT2D eigenvalue weighted by Gasteiger charge is -2.17. The number of epoxide rings is 1. The Kier molecular flexibility index (Phi) is 4.56. The second kappa shape index (κ2) is 6.65. The van der Waals surface area contributed by atoms with Gasteiger partial charge in [-0.3, -0.25) is 4.79 Å². The second-order valence-electron chi connectivity index (χ2n) is 7.25. The molecule has 3 fully saturated rings. The maximum atomic E-state index is 12.7. The Morgan fingerprint density at radius 1 is 1.33 bits per heavy atom. The van der Waals surface area contributed by atoms with Crippen molar-refractivity contribution in [1.82, 2.24) is 0 Å². The summed E-state index contributed by atoms with van der Waals surface area (Å²) >= 11 is 0. The number of ether oxygens (including phenoxy) is 3. The maximum Gasteiger partial charge on any atom is 0.416 e. The van der Waals surface area contributed by atoms with Crippen molar-refractivity contribution in [3.63, 3.8) is 0 Å². The molecule has 2 aliphatic heterocycles. The molecular formula is C18H19F3O6. The number of esters is 1. The number of fused-ring (bicyclic) bond motifs is 1. The van der Waals surface area contributed by atoms with Gasteiger partial charge in [0, 0.05) is 18.3 Å². The third-order valence-corrected chi connectivity index (χ3v) is 5.48. The van der Waals surface area contributed by atoms with Crippen LogP contribution in [-0.2, 0) is 20.4 Å². The molecule has 2 heterocycles. The molecule has 148 valence electrons. The smallest absolute Gasteiger partial charge is 0.416 e. The molecule has 1 saturated carbocycles. The van der Waals surface area contributed by atoms with Gasteiger partial charge in [-0.2, -0.15) is 13.2 Å². The van der Waals surface area contributed by atoms with E-state index in [0.717, 1.165) is 12.1 Å². The SMILES string of the molecule is O=C1C[C@@H]2[C@H]([C@@H]3OC3C(O)COc3cccc(C(F)(F)F)c3)[C@H](O)C[C@@H]2O1. The molecular weight excluding hydrogens is 369 g/mol. The molecule has 0 aromatic heterocycles. The largest absolute Gasteiger partial charge is 0.491 e. The van der Waals surface area contributed by atoms with Crippen LogP contribution in [0.3, 0.4) is 0 Å². The Morgan fingerprint density at radius 3 is 2.85 bits per heavy atom. The molecule has 27 heavy (non-hydrogen) atoms. The van der Waals surface area contributed by atoms with Crippen LogP contribution < -0.4 is 4.74 Å². The summed E-state index contributed by atoms with van der Waals surface area (Å²) < 4.78 is 54.1. The highest BCUT2D eigenvalue weighted by molar-refractivity contribution is 5.72. The zero-order valence-electron chi connectivity index (χ0n) is 14.1. The number of aliphatic hydroxyl groups excluding tert-OH is 2. The molecule has 0 radical (unpaired) electrons. The molecule has 4 rings (SSSR count). The van der Waals surface area contributed by atoms with Crippen molar-refractivity contribution in [2.24, 2.45) is 11.8 Å². The molecule has 1 aromatic rings. The van der Waals surface area contributed by atoms with E-state index in [0.29, 0.717) is 6.42 Å². The van der Waals surface area contributed by atoms with E-state index in [1.807, 2.05) is 0 Å². The number of aliphatic hydroxyl groups is 2. The van der Waals surface area contributed by atoms with Gasteiger partial charge in [0.15, 0.2) is 0 Å². The van der Waals surface area contributed by atoms with E-state index < -0.39 is 36.2 Å². The Morgan fingerprint density at radius 2 is 2.11 bits per heavy atom. The summed E-state index contributed by atoms with van der Waals surface area (Å²) in [4.78, 5) is 11.4. The molecule has 2 unspecified atom stereocenters. The van der Waals surface area contributed by atoms with Gasteiger partial charge in [0.25, 0.3) is 0 Å². The number of halogens is 3. The van der Waals surface area contributed by atoms with Gasteiger partial charge >= 0.3 is 12.1 Å². The van der Waals surface area contributed by atoms with Crippen LogP contribution in [0.4, 0.5) is 13.2 Å². The third-order valence-electron chi connectivity index (χ3n) is 5.48. The molecule has 2 N–H and O–H groups in total. The quantitative estimate of drug-likeness (QED) is 0.588. The van der Waals surface area contributed by atoms with Crippen LogP contribution in [0.15, 0.2) is 24.3 Å². The van der Waals surface area contributed by atoms with Crippen LogP contribution in [0.5, 0.6) is 5.75 Å². The summed E-state index contributed by atoms with van der Waals surface area (Å²) in [5, 5.41) is 20.5.